The fourth-order valence-corrected chi connectivity index (χ4v) is 4.91. The normalized spacial score (nSPS) is 19.0. The topological polar surface area (TPSA) is 27.0 Å². The fourth-order valence-electron chi connectivity index (χ4n) is 4.66. The number of hydrogen-bond acceptors (Lipinski definition) is 2. The highest BCUT2D eigenvalue weighted by atomic mass is 35.5. The molecule has 3 heteroatoms. The number of hydrogen-bond donors (Lipinski definition) is 0. The smallest absolute Gasteiger partial charge is 0.0587 e. The second-order valence-corrected chi connectivity index (χ2v) is 9.69. The number of halogens is 1. The van der Waals surface area contributed by atoms with Gasteiger partial charge in [0.15, 0.2) is 0 Å². The van der Waals surface area contributed by atoms with Gasteiger partial charge in [-0.25, -0.2) is 0 Å². The van der Waals surface area contributed by atoms with E-state index < -0.39 is 0 Å². The second-order valence-electron chi connectivity index (χ2n) is 9.07. The maximum absolute atomic E-state index is 7.32. The Morgan fingerprint density at radius 3 is 2.12 bits per heavy atom. The Morgan fingerprint density at radius 2 is 1.53 bits per heavy atom. The van der Waals surface area contributed by atoms with Gasteiger partial charge in [-0.2, -0.15) is 5.26 Å². The van der Waals surface area contributed by atoms with Crippen molar-refractivity contribution >= 4 is 11.6 Å². The maximum atomic E-state index is 7.32. The third-order valence-corrected chi connectivity index (χ3v) is 7.06. The lowest BCUT2D eigenvalue weighted by Crippen LogP contribution is -2.35. The maximum Gasteiger partial charge on any atom is 0.0587 e. The molecule has 0 saturated heterocycles. The average molecular weight is 453 g/mol. The van der Waals surface area contributed by atoms with Crippen LogP contribution in [0.3, 0.4) is 0 Å². The van der Waals surface area contributed by atoms with Crippen LogP contribution in [0.4, 0.5) is 0 Å². The summed E-state index contributed by atoms with van der Waals surface area (Å²) >= 11 is 6.27. The quantitative estimate of drug-likeness (QED) is 0.344. The highest BCUT2D eigenvalue weighted by Crippen LogP contribution is 2.35. The van der Waals surface area contributed by atoms with Gasteiger partial charge < -0.3 is 4.90 Å². The molecule has 0 heterocycles. The molecular formula is C29H41ClN2. The van der Waals surface area contributed by atoms with Crippen molar-refractivity contribution in [1.29, 1.82) is 5.26 Å². The Labute approximate surface area is 201 Å². The first-order valence-electron chi connectivity index (χ1n) is 12.4. The highest BCUT2D eigenvalue weighted by Gasteiger charge is 2.20. The minimum atomic E-state index is 0.403. The number of rotatable bonds is 10. The van der Waals surface area contributed by atoms with Crippen molar-refractivity contribution in [2.24, 2.45) is 0 Å². The molecule has 1 aliphatic carbocycles. The van der Waals surface area contributed by atoms with Crippen molar-refractivity contribution in [3.05, 3.63) is 71.3 Å². The van der Waals surface area contributed by atoms with Gasteiger partial charge in [-0.05, 0) is 87.4 Å². The first-order chi connectivity index (χ1) is 15.6. The Morgan fingerprint density at radius 1 is 0.938 bits per heavy atom. The average Bonchev–Trinajstić information content (AvgIpc) is 2.82. The Balaban J connectivity index is 0.00000114. The SMILES string of the molecule is CC#N.CCCN(CCc1ccccc1)C(C)CCc1ccc(C2CCC(Cl)CC2)cc1. The highest BCUT2D eigenvalue weighted by molar-refractivity contribution is 6.20. The Bertz CT molecular complexity index is 773. The molecule has 0 bridgehead atoms. The zero-order valence-electron chi connectivity index (χ0n) is 20.3. The molecule has 3 rings (SSSR count). The van der Waals surface area contributed by atoms with Crippen molar-refractivity contribution in [3.63, 3.8) is 0 Å². The molecule has 2 aromatic rings. The predicted octanol–water partition coefficient (Wildman–Crippen LogP) is 7.76. The standard InChI is InChI=1S/C27H38ClN.C2H3N/c1-3-20-29(21-19-23-7-5-4-6-8-23)22(2)9-10-24-11-13-25(14-12-24)26-15-17-27(28)18-16-26;1-2-3/h4-8,11-14,22,26-27H,3,9-10,15-21H2,1-2H3;1H3. The van der Waals surface area contributed by atoms with E-state index in [-0.39, 0.29) is 0 Å². The Kier molecular flexibility index (Phi) is 12.5. The summed E-state index contributed by atoms with van der Waals surface area (Å²) < 4.78 is 0. The summed E-state index contributed by atoms with van der Waals surface area (Å²) in [5.74, 6) is 0.719. The summed E-state index contributed by atoms with van der Waals surface area (Å²) in [4.78, 5) is 2.67. The number of alkyl halides is 1. The van der Waals surface area contributed by atoms with Crippen LogP contribution in [0.5, 0.6) is 0 Å². The largest absolute Gasteiger partial charge is 0.300 e. The van der Waals surface area contributed by atoms with Crippen LogP contribution >= 0.6 is 11.6 Å². The summed E-state index contributed by atoms with van der Waals surface area (Å²) in [6.45, 7) is 8.47. The third kappa shape index (κ3) is 9.35. The van der Waals surface area contributed by atoms with Crippen molar-refractivity contribution in [1.82, 2.24) is 4.90 Å². The molecule has 0 amide bonds. The lowest BCUT2D eigenvalue weighted by molar-refractivity contribution is 0.202. The van der Waals surface area contributed by atoms with Crippen LogP contribution in [0, 0.1) is 11.3 Å². The molecule has 0 N–H and O–H groups in total. The Hall–Kier alpha value is -1.82. The molecule has 0 aliphatic heterocycles. The van der Waals surface area contributed by atoms with Gasteiger partial charge in [-0.1, -0.05) is 61.5 Å². The molecule has 1 unspecified atom stereocenters. The predicted molar refractivity (Wildman–Crippen MR) is 138 cm³/mol. The molecule has 0 spiro atoms. The van der Waals surface area contributed by atoms with Gasteiger partial charge in [-0.15, -0.1) is 11.6 Å². The van der Waals surface area contributed by atoms with Crippen molar-refractivity contribution in [2.75, 3.05) is 13.1 Å². The summed E-state index contributed by atoms with van der Waals surface area (Å²) in [5.41, 5.74) is 4.44. The van der Waals surface area contributed by atoms with Crippen LogP contribution in [0.1, 0.15) is 81.9 Å². The summed E-state index contributed by atoms with van der Waals surface area (Å²) in [6, 6.07) is 22.7. The van der Waals surface area contributed by atoms with Crippen LogP contribution in [0.25, 0.3) is 0 Å². The summed E-state index contributed by atoms with van der Waals surface area (Å²) in [7, 11) is 0. The lowest BCUT2D eigenvalue weighted by Gasteiger charge is -2.29. The third-order valence-electron chi connectivity index (χ3n) is 6.62. The zero-order valence-corrected chi connectivity index (χ0v) is 21.0. The van der Waals surface area contributed by atoms with E-state index in [1.165, 1.54) is 75.1 Å². The van der Waals surface area contributed by atoms with Gasteiger partial charge in [0.2, 0.25) is 0 Å². The monoisotopic (exact) mass is 452 g/mol. The van der Waals surface area contributed by atoms with E-state index in [0.29, 0.717) is 11.4 Å². The minimum absolute atomic E-state index is 0.403. The molecule has 174 valence electrons. The molecule has 0 radical (unpaired) electrons. The van der Waals surface area contributed by atoms with Crippen LogP contribution < -0.4 is 0 Å². The van der Waals surface area contributed by atoms with E-state index in [4.69, 9.17) is 16.9 Å². The van der Waals surface area contributed by atoms with Crippen molar-refractivity contribution < 1.29 is 0 Å². The fraction of sp³-hybridized carbons (Fsp3) is 0.552. The molecule has 0 aromatic heterocycles. The molecular weight excluding hydrogens is 412 g/mol. The van der Waals surface area contributed by atoms with E-state index in [9.17, 15) is 0 Å². The van der Waals surface area contributed by atoms with Gasteiger partial charge in [-0.3, -0.25) is 0 Å². The van der Waals surface area contributed by atoms with E-state index in [1.807, 2.05) is 0 Å². The zero-order chi connectivity index (χ0) is 23.2. The number of nitrogens with zero attached hydrogens (tertiary/aromatic N) is 2. The molecule has 1 atom stereocenters. The van der Waals surface area contributed by atoms with Crippen molar-refractivity contribution in [3.8, 4) is 6.07 Å². The van der Waals surface area contributed by atoms with Gasteiger partial charge in [0.25, 0.3) is 0 Å². The van der Waals surface area contributed by atoms with Crippen LogP contribution in [-0.4, -0.2) is 29.4 Å². The second kappa shape index (κ2) is 15.1. The number of nitriles is 1. The van der Waals surface area contributed by atoms with Gasteiger partial charge in [0, 0.05) is 24.9 Å². The van der Waals surface area contributed by atoms with E-state index >= 15 is 0 Å². The molecule has 1 aliphatic rings. The molecule has 32 heavy (non-hydrogen) atoms. The van der Waals surface area contributed by atoms with Crippen LogP contribution in [0.15, 0.2) is 54.6 Å². The van der Waals surface area contributed by atoms with Crippen LogP contribution in [-0.2, 0) is 12.8 Å². The molecule has 2 nitrogen and oxygen atoms in total. The van der Waals surface area contributed by atoms with Gasteiger partial charge in [0.1, 0.15) is 0 Å². The summed E-state index contributed by atoms with van der Waals surface area (Å²) in [5, 5.41) is 7.72. The number of benzene rings is 2. The first kappa shape index (κ1) is 26.4. The van der Waals surface area contributed by atoms with E-state index in [1.54, 1.807) is 6.07 Å². The van der Waals surface area contributed by atoms with Crippen LogP contribution in [0.2, 0.25) is 0 Å². The van der Waals surface area contributed by atoms with Gasteiger partial charge in [0.05, 0.1) is 6.07 Å². The van der Waals surface area contributed by atoms with Gasteiger partial charge >= 0.3 is 0 Å². The minimum Gasteiger partial charge on any atom is -0.300 e. The number of aryl methyl sites for hydroxylation is 1. The van der Waals surface area contributed by atoms with E-state index in [2.05, 4.69) is 73.3 Å². The molecule has 2 aromatic carbocycles. The summed E-state index contributed by atoms with van der Waals surface area (Å²) in [6.07, 6.45) is 9.59. The molecule has 1 fully saturated rings. The van der Waals surface area contributed by atoms with E-state index in [0.717, 1.165) is 18.9 Å². The van der Waals surface area contributed by atoms with Crippen molar-refractivity contribution in [2.45, 2.75) is 89.5 Å². The molecule has 1 saturated carbocycles. The lowest BCUT2D eigenvalue weighted by atomic mass is 9.83. The first-order valence-corrected chi connectivity index (χ1v) is 12.8.